The van der Waals surface area contributed by atoms with Crippen molar-refractivity contribution in [1.29, 1.82) is 0 Å². The number of hydrogen-bond donors (Lipinski definition) is 2. The molecule has 0 spiro atoms. The van der Waals surface area contributed by atoms with Gasteiger partial charge in [0.1, 0.15) is 12.0 Å². The van der Waals surface area contributed by atoms with Crippen LogP contribution in [0.4, 0.5) is 11.4 Å². The molecule has 1 amide bonds. The molecule has 0 unspecified atom stereocenters. The molecule has 0 saturated heterocycles. The summed E-state index contributed by atoms with van der Waals surface area (Å²) in [5, 5.41) is 12.7. The summed E-state index contributed by atoms with van der Waals surface area (Å²) in [4.78, 5) is 21.4. The lowest BCUT2D eigenvalue weighted by Gasteiger charge is -2.08. The van der Waals surface area contributed by atoms with Crippen molar-refractivity contribution in [3.8, 4) is 11.5 Å². The molecule has 142 valence electrons. The van der Waals surface area contributed by atoms with E-state index < -0.39 is 0 Å². The summed E-state index contributed by atoms with van der Waals surface area (Å²) >= 11 is 6.28. The number of aliphatic hydroxyl groups is 1. The van der Waals surface area contributed by atoms with Crippen molar-refractivity contribution in [3.63, 3.8) is 0 Å². The van der Waals surface area contributed by atoms with Gasteiger partial charge in [-0.15, -0.1) is 0 Å². The maximum absolute atomic E-state index is 12.4. The zero-order chi connectivity index (χ0) is 19.7. The normalized spacial score (nSPS) is 13.5. The van der Waals surface area contributed by atoms with Gasteiger partial charge in [0.25, 0.3) is 0 Å². The number of anilines is 1. The quantitative estimate of drug-likeness (QED) is 0.680. The molecule has 0 fully saturated rings. The minimum atomic E-state index is -0.185. The van der Waals surface area contributed by atoms with Crippen LogP contribution in [-0.4, -0.2) is 21.7 Å². The number of carbonyl (C=O) groups excluding carboxylic acids is 1. The van der Waals surface area contributed by atoms with E-state index >= 15 is 0 Å². The Morgan fingerprint density at radius 2 is 2.07 bits per heavy atom. The number of benzene rings is 2. The molecule has 6 nitrogen and oxygen atoms in total. The molecule has 3 aromatic rings. The number of rotatable bonds is 4. The van der Waals surface area contributed by atoms with Crippen molar-refractivity contribution >= 4 is 34.6 Å². The first-order chi connectivity index (χ1) is 13.6. The number of carbonyl (C=O) groups is 1. The lowest BCUT2D eigenvalue weighted by Crippen LogP contribution is -2.15. The number of oxazole rings is 1. The first kappa shape index (κ1) is 18.4. The molecule has 2 heterocycles. The first-order valence-corrected chi connectivity index (χ1v) is 9.31. The van der Waals surface area contributed by atoms with Crippen molar-refractivity contribution in [3.05, 3.63) is 64.5 Å². The Hall–Kier alpha value is -2.96. The average Bonchev–Trinajstić information content (AvgIpc) is 3.12. The highest BCUT2D eigenvalue weighted by Gasteiger charge is 2.19. The maximum Gasteiger partial charge on any atom is 0.230 e. The molecule has 0 radical (unpaired) electrons. The highest BCUT2D eigenvalue weighted by atomic mass is 35.5. The average molecular weight is 396 g/mol. The van der Waals surface area contributed by atoms with Gasteiger partial charge in [0.15, 0.2) is 0 Å². The Labute approximate surface area is 166 Å². The Morgan fingerprint density at radius 3 is 2.82 bits per heavy atom. The third kappa shape index (κ3) is 3.56. The van der Waals surface area contributed by atoms with Crippen LogP contribution in [0.25, 0.3) is 11.5 Å². The molecule has 4 rings (SSSR count). The van der Waals surface area contributed by atoms with Crippen molar-refractivity contribution in [2.24, 2.45) is 4.99 Å². The molecule has 28 heavy (non-hydrogen) atoms. The van der Waals surface area contributed by atoms with E-state index in [4.69, 9.17) is 21.0 Å². The van der Waals surface area contributed by atoms with E-state index in [0.29, 0.717) is 33.7 Å². The van der Waals surface area contributed by atoms with Gasteiger partial charge in [-0.2, -0.15) is 0 Å². The third-order valence-electron chi connectivity index (χ3n) is 4.56. The van der Waals surface area contributed by atoms with Crippen molar-refractivity contribution in [1.82, 2.24) is 4.98 Å². The Bertz CT molecular complexity index is 1090. The van der Waals surface area contributed by atoms with Crippen LogP contribution >= 0.6 is 11.6 Å². The van der Waals surface area contributed by atoms with Gasteiger partial charge in [-0.05, 0) is 41.8 Å². The van der Waals surface area contributed by atoms with E-state index in [2.05, 4.69) is 10.3 Å². The zero-order valence-corrected chi connectivity index (χ0v) is 16.0. The lowest BCUT2D eigenvalue weighted by molar-refractivity contribution is -0.115. The third-order valence-corrected chi connectivity index (χ3v) is 4.91. The fourth-order valence-electron chi connectivity index (χ4n) is 3.11. The standard InChI is InChI=1S/C21H18ClN3O3/c1-2-12-7-18-19(8-16(12)22)25-20(27)9-17(24-18)13-4-3-5-14(6-13)21-23-15(10-26)11-28-21/h3-8,11,26H,2,9-10H2,1H3,(H,25,27). The molecule has 2 aromatic carbocycles. The second kappa shape index (κ2) is 7.58. The van der Waals surface area contributed by atoms with E-state index in [0.717, 1.165) is 23.1 Å². The molecular weight excluding hydrogens is 378 g/mol. The summed E-state index contributed by atoms with van der Waals surface area (Å²) in [6.45, 7) is 1.84. The van der Waals surface area contributed by atoms with Crippen LogP contribution in [0.5, 0.6) is 0 Å². The summed E-state index contributed by atoms with van der Waals surface area (Å²) in [7, 11) is 0. The largest absolute Gasteiger partial charge is 0.444 e. The molecule has 0 saturated carbocycles. The van der Waals surface area contributed by atoms with Gasteiger partial charge >= 0.3 is 0 Å². The molecule has 1 aromatic heterocycles. The van der Waals surface area contributed by atoms with Crippen LogP contribution < -0.4 is 5.32 Å². The molecule has 0 bridgehead atoms. The van der Waals surface area contributed by atoms with Gasteiger partial charge < -0.3 is 14.8 Å². The van der Waals surface area contributed by atoms with E-state index in [1.54, 1.807) is 6.07 Å². The number of aliphatic hydroxyl groups excluding tert-OH is 1. The van der Waals surface area contributed by atoms with Crippen LogP contribution in [0.3, 0.4) is 0 Å². The molecule has 0 atom stereocenters. The van der Waals surface area contributed by atoms with Crippen LogP contribution in [0.1, 0.15) is 30.2 Å². The van der Waals surface area contributed by atoms with Gasteiger partial charge in [-0.25, -0.2) is 4.98 Å². The van der Waals surface area contributed by atoms with Gasteiger partial charge in [0.2, 0.25) is 11.8 Å². The summed E-state index contributed by atoms with van der Waals surface area (Å²) in [6.07, 6.45) is 2.34. The van der Waals surface area contributed by atoms with Crippen molar-refractivity contribution in [2.75, 3.05) is 5.32 Å². The molecular formula is C21H18ClN3O3. The number of nitrogens with zero attached hydrogens (tertiary/aromatic N) is 2. The Balaban J connectivity index is 1.77. The van der Waals surface area contributed by atoms with E-state index in [-0.39, 0.29) is 18.9 Å². The van der Waals surface area contributed by atoms with E-state index in [9.17, 15) is 9.90 Å². The van der Waals surface area contributed by atoms with Crippen molar-refractivity contribution < 1.29 is 14.3 Å². The van der Waals surface area contributed by atoms with Gasteiger partial charge in [-0.1, -0.05) is 30.7 Å². The number of halogens is 1. The highest BCUT2D eigenvalue weighted by Crippen LogP contribution is 2.35. The maximum atomic E-state index is 12.4. The number of nitrogens with one attached hydrogen (secondary N) is 1. The van der Waals surface area contributed by atoms with E-state index in [1.807, 2.05) is 37.3 Å². The zero-order valence-electron chi connectivity index (χ0n) is 15.2. The smallest absolute Gasteiger partial charge is 0.230 e. The fourth-order valence-corrected chi connectivity index (χ4v) is 3.41. The van der Waals surface area contributed by atoms with Crippen LogP contribution in [0.2, 0.25) is 5.02 Å². The summed E-state index contributed by atoms with van der Waals surface area (Å²) in [6, 6.07) is 11.2. The van der Waals surface area contributed by atoms with Gasteiger partial charge in [0.05, 0.1) is 30.1 Å². The monoisotopic (exact) mass is 395 g/mol. The molecule has 1 aliphatic rings. The number of hydrogen-bond acceptors (Lipinski definition) is 5. The molecule has 1 aliphatic heterocycles. The van der Waals surface area contributed by atoms with Crippen molar-refractivity contribution in [2.45, 2.75) is 26.4 Å². The van der Waals surface area contributed by atoms with Crippen LogP contribution in [-0.2, 0) is 17.8 Å². The Kier molecular flexibility index (Phi) is 4.98. The minimum Gasteiger partial charge on any atom is -0.444 e. The van der Waals surface area contributed by atoms with Crippen LogP contribution in [0, 0.1) is 0 Å². The summed E-state index contributed by atoms with van der Waals surface area (Å²) in [5.74, 6) is 0.256. The lowest BCUT2D eigenvalue weighted by atomic mass is 10.0. The summed E-state index contributed by atoms with van der Waals surface area (Å²) in [5.41, 5.74) is 4.93. The van der Waals surface area contributed by atoms with E-state index in [1.165, 1.54) is 6.26 Å². The number of aliphatic imine (C=N–C) groups is 1. The second-order valence-electron chi connectivity index (χ2n) is 6.48. The topological polar surface area (TPSA) is 87.7 Å². The summed E-state index contributed by atoms with van der Waals surface area (Å²) < 4.78 is 5.42. The highest BCUT2D eigenvalue weighted by molar-refractivity contribution is 6.32. The number of aryl methyl sites for hydroxylation is 1. The van der Waals surface area contributed by atoms with Gasteiger partial charge in [-0.3, -0.25) is 9.79 Å². The van der Waals surface area contributed by atoms with Crippen LogP contribution in [0.15, 0.2) is 52.1 Å². The first-order valence-electron chi connectivity index (χ1n) is 8.93. The fraction of sp³-hybridized carbons (Fsp3) is 0.190. The number of aromatic nitrogens is 1. The predicted molar refractivity (Wildman–Crippen MR) is 108 cm³/mol. The minimum absolute atomic E-state index is 0.144. The number of fused-ring (bicyclic) bond motifs is 1. The predicted octanol–water partition coefficient (Wildman–Crippen LogP) is 4.51. The molecule has 0 aliphatic carbocycles. The van der Waals surface area contributed by atoms with Gasteiger partial charge in [0, 0.05) is 10.6 Å². The Morgan fingerprint density at radius 1 is 1.25 bits per heavy atom. The molecule has 2 N–H and O–H groups in total. The SMILES string of the molecule is CCc1cc2c(cc1Cl)NC(=O)CC(c1cccc(-c3nc(CO)co3)c1)=N2. The number of amides is 1. The second-order valence-corrected chi connectivity index (χ2v) is 6.89. The molecule has 7 heteroatoms.